The highest BCUT2D eigenvalue weighted by Crippen LogP contribution is 2.35. The molecule has 0 bridgehead atoms. The molecule has 0 spiro atoms. The van der Waals surface area contributed by atoms with Gasteiger partial charge in [0.2, 0.25) is 0 Å². The third kappa shape index (κ3) is 4.00. The van der Waals surface area contributed by atoms with E-state index in [4.69, 9.17) is 21.1 Å². The lowest BCUT2D eigenvalue weighted by Crippen LogP contribution is -2.22. The Morgan fingerprint density at radius 2 is 1.92 bits per heavy atom. The van der Waals surface area contributed by atoms with Crippen LogP contribution in [0.25, 0.3) is 6.08 Å². The Kier molecular flexibility index (Phi) is 5.49. The van der Waals surface area contributed by atoms with Gasteiger partial charge in [-0.2, -0.15) is 0 Å². The Bertz CT molecular complexity index is 914. The molecule has 3 amide bonds. The van der Waals surface area contributed by atoms with Crippen molar-refractivity contribution in [3.8, 4) is 11.5 Å². The van der Waals surface area contributed by atoms with Gasteiger partial charge in [-0.05, 0) is 29.8 Å². The topological polar surface area (TPSA) is 76.7 Å². The average Bonchev–Trinajstić information content (AvgIpc) is 2.93. The second-order valence-corrected chi connectivity index (χ2v) is 6.63. The molecule has 0 aliphatic carbocycles. The van der Waals surface area contributed by atoms with Gasteiger partial charge in [-0.3, -0.25) is 10.1 Å². The number of hydrogen-bond donors (Lipinski definition) is 2. The van der Waals surface area contributed by atoms with E-state index in [0.717, 1.165) is 5.56 Å². The Labute approximate surface area is 163 Å². The molecule has 2 aromatic rings. The summed E-state index contributed by atoms with van der Waals surface area (Å²) in [6.45, 7) is 0.279. The van der Waals surface area contributed by atoms with E-state index in [-0.39, 0.29) is 12.3 Å². The number of ether oxygens (including phenoxy) is 2. The Morgan fingerprint density at radius 1 is 1.15 bits per heavy atom. The number of halogens is 2. The molecule has 1 aliphatic heterocycles. The first-order chi connectivity index (χ1) is 12.5. The fourth-order valence-electron chi connectivity index (χ4n) is 2.34. The van der Waals surface area contributed by atoms with Crippen LogP contribution in [-0.2, 0) is 11.4 Å². The number of imide groups is 1. The second-order valence-electron chi connectivity index (χ2n) is 5.37. The summed E-state index contributed by atoms with van der Waals surface area (Å²) >= 11 is 9.58. The van der Waals surface area contributed by atoms with Crippen molar-refractivity contribution in [2.75, 3.05) is 7.11 Å². The van der Waals surface area contributed by atoms with Crippen LogP contribution in [0.3, 0.4) is 0 Å². The van der Waals surface area contributed by atoms with E-state index in [9.17, 15) is 9.59 Å². The van der Waals surface area contributed by atoms with Gasteiger partial charge in [-0.1, -0.05) is 45.7 Å². The van der Waals surface area contributed by atoms with Crippen molar-refractivity contribution in [1.29, 1.82) is 0 Å². The number of rotatable bonds is 5. The van der Waals surface area contributed by atoms with E-state index >= 15 is 0 Å². The van der Waals surface area contributed by atoms with E-state index in [0.29, 0.717) is 26.6 Å². The number of carbonyl (C=O) groups is 2. The summed E-state index contributed by atoms with van der Waals surface area (Å²) in [4.78, 5) is 22.9. The second kappa shape index (κ2) is 7.80. The summed E-state index contributed by atoms with van der Waals surface area (Å²) in [7, 11) is 1.52. The van der Waals surface area contributed by atoms with Gasteiger partial charge in [0.1, 0.15) is 12.3 Å². The van der Waals surface area contributed by atoms with Crippen LogP contribution in [0.4, 0.5) is 4.79 Å². The first-order valence-corrected chi connectivity index (χ1v) is 8.73. The number of carbonyl (C=O) groups excluding carboxylic acids is 2. The van der Waals surface area contributed by atoms with Gasteiger partial charge < -0.3 is 14.8 Å². The van der Waals surface area contributed by atoms with Crippen molar-refractivity contribution in [2.24, 2.45) is 0 Å². The van der Waals surface area contributed by atoms with Crippen molar-refractivity contribution in [2.45, 2.75) is 6.61 Å². The van der Waals surface area contributed by atoms with Crippen molar-refractivity contribution in [1.82, 2.24) is 10.6 Å². The van der Waals surface area contributed by atoms with Gasteiger partial charge in [0.25, 0.3) is 5.91 Å². The minimum absolute atomic E-state index is 0.155. The van der Waals surface area contributed by atoms with Crippen LogP contribution in [0.1, 0.15) is 11.1 Å². The van der Waals surface area contributed by atoms with Gasteiger partial charge in [0.15, 0.2) is 11.5 Å². The minimum Gasteiger partial charge on any atom is -0.493 e. The van der Waals surface area contributed by atoms with E-state index < -0.39 is 11.9 Å². The Hall–Kier alpha value is -2.51. The van der Waals surface area contributed by atoms with Crippen LogP contribution in [0.2, 0.25) is 5.02 Å². The molecule has 0 aromatic heterocycles. The maximum absolute atomic E-state index is 11.7. The molecule has 8 heteroatoms. The standard InChI is InChI=1S/C18H14BrClN2O4/c1-25-15-7-11(6-14-17(23)22-18(24)21-14)12(19)8-16(15)26-9-10-4-2-3-5-13(10)20/h2-8H,9H2,1H3,(H2,21,22,23,24)/b14-6+. The maximum atomic E-state index is 11.7. The van der Waals surface area contributed by atoms with Crippen molar-refractivity contribution in [3.05, 3.63) is 62.7 Å². The van der Waals surface area contributed by atoms with Crippen LogP contribution >= 0.6 is 27.5 Å². The molecule has 0 unspecified atom stereocenters. The highest BCUT2D eigenvalue weighted by Gasteiger charge is 2.23. The average molecular weight is 438 g/mol. The number of benzene rings is 2. The van der Waals surface area contributed by atoms with Gasteiger partial charge in [0, 0.05) is 15.1 Å². The number of amides is 3. The normalized spacial score (nSPS) is 15.0. The molecule has 26 heavy (non-hydrogen) atoms. The summed E-state index contributed by atoms with van der Waals surface area (Å²) in [5.41, 5.74) is 1.66. The highest BCUT2D eigenvalue weighted by molar-refractivity contribution is 9.10. The van der Waals surface area contributed by atoms with Crippen LogP contribution < -0.4 is 20.1 Å². The highest BCUT2D eigenvalue weighted by atomic mass is 79.9. The molecule has 0 saturated carbocycles. The molecule has 1 heterocycles. The third-order valence-corrected chi connectivity index (χ3v) is 4.70. The largest absolute Gasteiger partial charge is 0.493 e. The molecule has 2 aromatic carbocycles. The molecular formula is C18H14BrClN2O4. The molecule has 1 fully saturated rings. The predicted molar refractivity (Wildman–Crippen MR) is 101 cm³/mol. The lowest BCUT2D eigenvalue weighted by molar-refractivity contribution is -0.115. The van der Waals surface area contributed by atoms with E-state index in [1.165, 1.54) is 7.11 Å². The Morgan fingerprint density at radius 3 is 2.58 bits per heavy atom. The van der Waals surface area contributed by atoms with E-state index in [1.807, 2.05) is 18.2 Å². The molecule has 0 atom stereocenters. The molecule has 2 N–H and O–H groups in total. The monoisotopic (exact) mass is 436 g/mol. The zero-order chi connectivity index (χ0) is 18.7. The van der Waals surface area contributed by atoms with Gasteiger partial charge >= 0.3 is 6.03 Å². The van der Waals surface area contributed by atoms with E-state index in [1.54, 1.807) is 24.3 Å². The van der Waals surface area contributed by atoms with Crippen LogP contribution in [0.5, 0.6) is 11.5 Å². The molecular weight excluding hydrogens is 424 g/mol. The number of methoxy groups -OCH3 is 1. The lowest BCUT2D eigenvalue weighted by atomic mass is 10.1. The van der Waals surface area contributed by atoms with Crippen molar-refractivity contribution < 1.29 is 19.1 Å². The molecule has 134 valence electrons. The number of nitrogens with one attached hydrogen (secondary N) is 2. The summed E-state index contributed by atoms with van der Waals surface area (Å²) in [5, 5.41) is 5.21. The molecule has 0 radical (unpaired) electrons. The van der Waals surface area contributed by atoms with Crippen LogP contribution in [0.15, 0.2) is 46.6 Å². The van der Waals surface area contributed by atoms with Crippen molar-refractivity contribution in [3.63, 3.8) is 0 Å². The van der Waals surface area contributed by atoms with Gasteiger partial charge in [-0.15, -0.1) is 0 Å². The number of hydrogen-bond acceptors (Lipinski definition) is 4. The van der Waals surface area contributed by atoms with Crippen LogP contribution in [0, 0.1) is 0 Å². The summed E-state index contributed by atoms with van der Waals surface area (Å²) in [5.74, 6) is 0.512. The zero-order valence-electron chi connectivity index (χ0n) is 13.6. The minimum atomic E-state index is -0.552. The van der Waals surface area contributed by atoms with Gasteiger partial charge in [-0.25, -0.2) is 4.79 Å². The summed E-state index contributed by atoms with van der Waals surface area (Å²) < 4.78 is 11.9. The first kappa shape index (κ1) is 18.3. The van der Waals surface area contributed by atoms with E-state index in [2.05, 4.69) is 26.6 Å². The number of urea groups is 1. The smallest absolute Gasteiger partial charge is 0.326 e. The fourth-order valence-corrected chi connectivity index (χ4v) is 2.97. The van der Waals surface area contributed by atoms with Crippen molar-refractivity contribution >= 4 is 45.5 Å². The fraction of sp³-hybridized carbons (Fsp3) is 0.111. The van der Waals surface area contributed by atoms with Crippen LogP contribution in [-0.4, -0.2) is 19.0 Å². The maximum Gasteiger partial charge on any atom is 0.326 e. The summed E-state index contributed by atoms with van der Waals surface area (Å²) in [6.07, 6.45) is 1.55. The third-order valence-electron chi connectivity index (χ3n) is 3.64. The molecule has 1 aliphatic rings. The van der Waals surface area contributed by atoms with Gasteiger partial charge in [0.05, 0.1) is 7.11 Å². The zero-order valence-corrected chi connectivity index (χ0v) is 16.0. The first-order valence-electron chi connectivity index (χ1n) is 7.55. The Balaban J connectivity index is 1.85. The summed E-state index contributed by atoms with van der Waals surface area (Å²) in [6, 6.07) is 10.3. The SMILES string of the molecule is COc1cc(/C=C2/NC(=O)NC2=O)c(Br)cc1OCc1ccccc1Cl. The molecule has 6 nitrogen and oxygen atoms in total. The predicted octanol–water partition coefficient (Wildman–Crippen LogP) is 3.87. The quantitative estimate of drug-likeness (QED) is 0.550. The molecule has 3 rings (SSSR count). The lowest BCUT2D eigenvalue weighted by Gasteiger charge is -2.13. The molecule has 1 saturated heterocycles.